The third-order valence-corrected chi connectivity index (χ3v) is 3.43. The molecule has 94 valence electrons. The maximum Gasteiger partial charge on any atom is 0.236 e. The Balaban J connectivity index is 2.32. The standard InChI is InChI=1S/C12H25N3O/c1-4-13(5-2)11-12(16)15-9-7-14(6-3)8-10-15/h4-11H2,1-3H3. The Kier molecular flexibility index (Phi) is 5.77. The predicted molar refractivity (Wildman–Crippen MR) is 66.5 cm³/mol. The van der Waals surface area contributed by atoms with Crippen LogP contribution in [0.25, 0.3) is 0 Å². The van der Waals surface area contributed by atoms with Crippen LogP contribution in [0.3, 0.4) is 0 Å². The lowest BCUT2D eigenvalue weighted by atomic mass is 10.3. The highest BCUT2D eigenvalue weighted by Gasteiger charge is 2.20. The fraction of sp³-hybridized carbons (Fsp3) is 0.917. The number of carbonyl (C=O) groups excluding carboxylic acids is 1. The number of amides is 1. The van der Waals surface area contributed by atoms with E-state index in [1.165, 1.54) is 0 Å². The molecule has 0 aromatic rings. The van der Waals surface area contributed by atoms with E-state index in [-0.39, 0.29) is 0 Å². The van der Waals surface area contributed by atoms with Gasteiger partial charge in [-0.1, -0.05) is 20.8 Å². The first-order valence-corrected chi connectivity index (χ1v) is 6.43. The molecule has 1 aliphatic rings. The molecule has 4 heteroatoms. The molecular formula is C12H25N3O. The van der Waals surface area contributed by atoms with Crippen molar-refractivity contribution in [1.82, 2.24) is 14.7 Å². The SMILES string of the molecule is CCN1CCN(C(=O)CN(CC)CC)CC1. The minimum Gasteiger partial charge on any atom is -0.339 e. The smallest absolute Gasteiger partial charge is 0.236 e. The molecule has 0 N–H and O–H groups in total. The normalized spacial score (nSPS) is 18.1. The number of likely N-dealkylation sites (N-methyl/N-ethyl adjacent to an activating group) is 2. The number of carbonyl (C=O) groups is 1. The molecule has 0 radical (unpaired) electrons. The van der Waals surface area contributed by atoms with E-state index in [1.54, 1.807) is 0 Å². The Labute approximate surface area is 99.2 Å². The molecule has 1 rings (SSSR count). The summed E-state index contributed by atoms with van der Waals surface area (Å²) < 4.78 is 0. The second kappa shape index (κ2) is 6.86. The summed E-state index contributed by atoms with van der Waals surface area (Å²) in [4.78, 5) is 18.6. The fourth-order valence-corrected chi connectivity index (χ4v) is 2.05. The summed E-state index contributed by atoms with van der Waals surface area (Å²) in [6, 6.07) is 0. The first kappa shape index (κ1) is 13.5. The Bertz CT molecular complexity index is 208. The predicted octanol–water partition coefficient (Wildman–Crippen LogP) is 0.492. The van der Waals surface area contributed by atoms with E-state index >= 15 is 0 Å². The summed E-state index contributed by atoms with van der Waals surface area (Å²) >= 11 is 0. The van der Waals surface area contributed by atoms with Gasteiger partial charge in [-0.25, -0.2) is 0 Å². The molecule has 0 unspecified atom stereocenters. The van der Waals surface area contributed by atoms with Gasteiger partial charge in [0.25, 0.3) is 0 Å². The lowest BCUT2D eigenvalue weighted by Crippen LogP contribution is -2.51. The highest BCUT2D eigenvalue weighted by Crippen LogP contribution is 2.02. The van der Waals surface area contributed by atoms with Crippen LogP contribution in [0.15, 0.2) is 0 Å². The summed E-state index contributed by atoms with van der Waals surface area (Å²) in [7, 11) is 0. The van der Waals surface area contributed by atoms with E-state index in [2.05, 4.69) is 30.6 Å². The summed E-state index contributed by atoms with van der Waals surface area (Å²) in [6.07, 6.45) is 0. The van der Waals surface area contributed by atoms with Gasteiger partial charge in [-0.3, -0.25) is 9.69 Å². The zero-order chi connectivity index (χ0) is 12.0. The van der Waals surface area contributed by atoms with E-state index in [0.29, 0.717) is 12.5 Å². The molecule has 0 spiro atoms. The largest absolute Gasteiger partial charge is 0.339 e. The molecule has 0 atom stereocenters. The van der Waals surface area contributed by atoms with Gasteiger partial charge in [0, 0.05) is 26.2 Å². The average molecular weight is 227 g/mol. The molecule has 0 aliphatic carbocycles. The van der Waals surface area contributed by atoms with Gasteiger partial charge in [-0.05, 0) is 19.6 Å². The third kappa shape index (κ3) is 3.76. The van der Waals surface area contributed by atoms with Crippen molar-refractivity contribution in [1.29, 1.82) is 0 Å². The second-order valence-electron chi connectivity index (χ2n) is 4.28. The third-order valence-electron chi connectivity index (χ3n) is 3.43. The molecule has 1 fully saturated rings. The Morgan fingerprint density at radius 2 is 1.62 bits per heavy atom. The molecule has 1 saturated heterocycles. The van der Waals surface area contributed by atoms with Crippen LogP contribution in [0.1, 0.15) is 20.8 Å². The van der Waals surface area contributed by atoms with Crippen molar-refractivity contribution in [3.63, 3.8) is 0 Å². The maximum atomic E-state index is 12.0. The Hall–Kier alpha value is -0.610. The molecule has 0 aromatic heterocycles. The molecule has 16 heavy (non-hydrogen) atoms. The van der Waals surface area contributed by atoms with Crippen molar-refractivity contribution in [2.75, 3.05) is 52.4 Å². The van der Waals surface area contributed by atoms with Gasteiger partial charge in [0.1, 0.15) is 0 Å². The lowest BCUT2D eigenvalue weighted by molar-refractivity contribution is -0.134. The number of rotatable bonds is 5. The van der Waals surface area contributed by atoms with Crippen LogP contribution in [0.2, 0.25) is 0 Å². The summed E-state index contributed by atoms with van der Waals surface area (Å²) in [6.45, 7) is 13.8. The van der Waals surface area contributed by atoms with Crippen molar-refractivity contribution in [2.45, 2.75) is 20.8 Å². The van der Waals surface area contributed by atoms with Gasteiger partial charge < -0.3 is 9.80 Å². The fourth-order valence-electron chi connectivity index (χ4n) is 2.05. The minimum atomic E-state index is 0.291. The van der Waals surface area contributed by atoms with Crippen LogP contribution >= 0.6 is 0 Å². The summed E-state index contributed by atoms with van der Waals surface area (Å²) in [5, 5.41) is 0. The maximum absolute atomic E-state index is 12.0. The molecule has 1 amide bonds. The number of piperazine rings is 1. The molecule has 1 heterocycles. The molecule has 0 aromatic carbocycles. The van der Waals surface area contributed by atoms with E-state index in [4.69, 9.17) is 0 Å². The average Bonchev–Trinajstić information content (AvgIpc) is 2.35. The molecule has 4 nitrogen and oxygen atoms in total. The van der Waals surface area contributed by atoms with Crippen LogP contribution in [-0.4, -0.2) is 73.0 Å². The van der Waals surface area contributed by atoms with Crippen molar-refractivity contribution in [3.8, 4) is 0 Å². The van der Waals surface area contributed by atoms with Gasteiger partial charge >= 0.3 is 0 Å². The Morgan fingerprint density at radius 3 is 2.06 bits per heavy atom. The van der Waals surface area contributed by atoms with Gasteiger partial charge in [0.2, 0.25) is 5.91 Å². The number of nitrogens with zero attached hydrogens (tertiary/aromatic N) is 3. The van der Waals surface area contributed by atoms with Crippen LogP contribution in [0.4, 0.5) is 0 Å². The lowest BCUT2D eigenvalue weighted by Gasteiger charge is -2.35. The minimum absolute atomic E-state index is 0.291. The zero-order valence-corrected chi connectivity index (χ0v) is 10.9. The van der Waals surface area contributed by atoms with Gasteiger partial charge in [0.05, 0.1) is 6.54 Å². The van der Waals surface area contributed by atoms with Crippen molar-refractivity contribution in [2.24, 2.45) is 0 Å². The number of hydrogen-bond donors (Lipinski definition) is 0. The van der Waals surface area contributed by atoms with E-state index in [0.717, 1.165) is 45.8 Å². The van der Waals surface area contributed by atoms with Crippen LogP contribution in [-0.2, 0) is 4.79 Å². The van der Waals surface area contributed by atoms with Gasteiger partial charge in [-0.15, -0.1) is 0 Å². The van der Waals surface area contributed by atoms with E-state index < -0.39 is 0 Å². The first-order valence-electron chi connectivity index (χ1n) is 6.43. The highest BCUT2D eigenvalue weighted by atomic mass is 16.2. The van der Waals surface area contributed by atoms with Gasteiger partial charge in [-0.2, -0.15) is 0 Å². The molecule has 1 aliphatic heterocycles. The summed E-state index contributed by atoms with van der Waals surface area (Å²) in [5.41, 5.74) is 0. The Morgan fingerprint density at radius 1 is 1.06 bits per heavy atom. The van der Waals surface area contributed by atoms with Crippen LogP contribution in [0.5, 0.6) is 0 Å². The molecular weight excluding hydrogens is 202 g/mol. The molecule has 0 saturated carbocycles. The second-order valence-corrected chi connectivity index (χ2v) is 4.28. The quantitative estimate of drug-likeness (QED) is 0.684. The highest BCUT2D eigenvalue weighted by molar-refractivity contribution is 5.78. The first-order chi connectivity index (χ1) is 7.71. The topological polar surface area (TPSA) is 26.8 Å². The van der Waals surface area contributed by atoms with Crippen molar-refractivity contribution < 1.29 is 4.79 Å². The monoisotopic (exact) mass is 227 g/mol. The zero-order valence-electron chi connectivity index (χ0n) is 10.9. The van der Waals surface area contributed by atoms with Crippen LogP contribution in [0, 0.1) is 0 Å². The summed E-state index contributed by atoms with van der Waals surface area (Å²) in [5.74, 6) is 0.291. The van der Waals surface area contributed by atoms with Crippen LogP contribution < -0.4 is 0 Å². The van der Waals surface area contributed by atoms with Crippen molar-refractivity contribution in [3.05, 3.63) is 0 Å². The van der Waals surface area contributed by atoms with Crippen molar-refractivity contribution >= 4 is 5.91 Å². The van der Waals surface area contributed by atoms with E-state index in [1.807, 2.05) is 4.90 Å². The molecule has 0 bridgehead atoms. The van der Waals surface area contributed by atoms with E-state index in [9.17, 15) is 4.79 Å². The number of hydrogen-bond acceptors (Lipinski definition) is 3. The van der Waals surface area contributed by atoms with Gasteiger partial charge in [0.15, 0.2) is 0 Å².